The molecule has 0 radical (unpaired) electrons. The van der Waals surface area contributed by atoms with E-state index < -0.39 is 26.0 Å². The van der Waals surface area contributed by atoms with Crippen molar-refractivity contribution in [1.29, 1.82) is 0 Å². The Kier molecular flexibility index (Phi) is 8.30. The Hall–Kier alpha value is -1.73. The van der Waals surface area contributed by atoms with Crippen LogP contribution in [-0.4, -0.2) is 83.1 Å². The lowest BCUT2D eigenvalue weighted by Gasteiger charge is -2.38. The molecule has 9 nitrogen and oxygen atoms in total. The Labute approximate surface area is 217 Å². The number of nitrogens with zero attached hydrogens (tertiary/aromatic N) is 1. The summed E-state index contributed by atoms with van der Waals surface area (Å²) in [6.45, 7) is 1.50. The fourth-order valence-electron chi connectivity index (χ4n) is 4.58. The Bertz CT molecular complexity index is 1280. The lowest BCUT2D eigenvalue weighted by molar-refractivity contribution is -0.0312. The van der Waals surface area contributed by atoms with Crippen LogP contribution in [0.5, 0.6) is 5.75 Å². The van der Waals surface area contributed by atoms with Gasteiger partial charge in [0.25, 0.3) is 0 Å². The van der Waals surface area contributed by atoms with Crippen LogP contribution in [-0.2, 0) is 24.6 Å². The summed E-state index contributed by atoms with van der Waals surface area (Å²) in [7, 11) is -6.95. The molecule has 0 aromatic heterocycles. The van der Waals surface area contributed by atoms with E-state index in [1.165, 1.54) is 22.5 Å². The van der Waals surface area contributed by atoms with Crippen molar-refractivity contribution in [3.8, 4) is 5.75 Å². The van der Waals surface area contributed by atoms with Crippen molar-refractivity contribution < 1.29 is 31.4 Å². The van der Waals surface area contributed by atoms with Crippen molar-refractivity contribution in [1.82, 2.24) is 9.62 Å². The van der Waals surface area contributed by atoms with E-state index in [0.717, 1.165) is 12.7 Å². The zero-order valence-electron chi connectivity index (χ0n) is 20.0. The summed E-state index contributed by atoms with van der Waals surface area (Å²) in [5, 5.41) is 14.0. The molecule has 0 aliphatic carbocycles. The van der Waals surface area contributed by atoms with Crippen molar-refractivity contribution in [3.63, 3.8) is 0 Å². The van der Waals surface area contributed by atoms with Gasteiger partial charge in [-0.05, 0) is 55.7 Å². The van der Waals surface area contributed by atoms with E-state index in [0.29, 0.717) is 43.3 Å². The summed E-state index contributed by atoms with van der Waals surface area (Å²) in [5.74, 6) is 0.375. The topological polar surface area (TPSA) is 122 Å². The van der Waals surface area contributed by atoms with Gasteiger partial charge in [0.15, 0.2) is 9.84 Å². The zero-order chi connectivity index (χ0) is 26.0. The van der Waals surface area contributed by atoms with E-state index in [2.05, 4.69) is 5.32 Å². The standard InChI is InChI=1S/C24H31ClN2O7S2/c1-35(29,30)22-6-3-5-21(13-22)33-17-20(28)15-26-19-14-24(34-16-19)8-10-27(11-9-24)36(31,32)23-7-2-4-18(25)12-23/h2-7,12-13,19-20,26,28H,8-11,14-17H2,1H3. The first-order valence-electron chi connectivity index (χ1n) is 11.7. The second-order valence-electron chi connectivity index (χ2n) is 9.38. The zero-order valence-corrected chi connectivity index (χ0v) is 22.4. The van der Waals surface area contributed by atoms with E-state index in [-0.39, 0.29) is 34.6 Å². The number of rotatable bonds is 9. The van der Waals surface area contributed by atoms with Crippen molar-refractivity contribution in [3.05, 3.63) is 53.6 Å². The number of aliphatic hydroxyl groups excluding tert-OH is 1. The molecule has 2 aromatic rings. The fourth-order valence-corrected chi connectivity index (χ4v) is 6.98. The van der Waals surface area contributed by atoms with Gasteiger partial charge in [-0.15, -0.1) is 0 Å². The monoisotopic (exact) mass is 558 g/mol. The first kappa shape index (κ1) is 27.3. The normalized spacial score (nSPS) is 21.5. The highest BCUT2D eigenvalue weighted by Crippen LogP contribution is 2.37. The van der Waals surface area contributed by atoms with Gasteiger partial charge >= 0.3 is 0 Å². The first-order valence-corrected chi connectivity index (χ1v) is 15.4. The van der Waals surface area contributed by atoms with Gasteiger partial charge in [-0.2, -0.15) is 4.31 Å². The maximum atomic E-state index is 13.0. The van der Waals surface area contributed by atoms with Crippen LogP contribution in [0.15, 0.2) is 58.3 Å². The van der Waals surface area contributed by atoms with Crippen LogP contribution in [0.4, 0.5) is 0 Å². The second kappa shape index (κ2) is 10.9. The molecule has 0 amide bonds. The minimum Gasteiger partial charge on any atom is -0.491 e. The van der Waals surface area contributed by atoms with E-state index in [4.69, 9.17) is 21.1 Å². The number of sulfonamides is 1. The molecule has 2 aromatic carbocycles. The molecule has 2 unspecified atom stereocenters. The number of halogens is 1. The van der Waals surface area contributed by atoms with Crippen LogP contribution >= 0.6 is 11.6 Å². The number of aliphatic hydroxyl groups is 1. The Morgan fingerprint density at radius 2 is 1.83 bits per heavy atom. The predicted octanol–water partition coefficient (Wildman–Crippen LogP) is 2.09. The number of sulfone groups is 1. The summed E-state index contributed by atoms with van der Waals surface area (Å²) in [6.07, 6.45) is 2.24. The molecule has 2 aliphatic heterocycles. The molecule has 36 heavy (non-hydrogen) atoms. The molecule has 2 N–H and O–H groups in total. The summed E-state index contributed by atoms with van der Waals surface area (Å²) in [4.78, 5) is 0.351. The SMILES string of the molecule is CS(=O)(=O)c1cccc(OCC(O)CNC2COC3(CCN(S(=O)(=O)c4cccc(Cl)c4)CC3)C2)c1. The minimum absolute atomic E-state index is 0.00918. The van der Waals surface area contributed by atoms with Crippen molar-refractivity contribution in [2.45, 2.75) is 46.8 Å². The Morgan fingerprint density at radius 1 is 1.14 bits per heavy atom. The summed E-state index contributed by atoms with van der Waals surface area (Å²) in [5.41, 5.74) is -0.383. The van der Waals surface area contributed by atoms with E-state index >= 15 is 0 Å². The molecule has 2 atom stereocenters. The van der Waals surface area contributed by atoms with Gasteiger partial charge in [-0.25, -0.2) is 16.8 Å². The average molecular weight is 559 g/mol. The van der Waals surface area contributed by atoms with Crippen LogP contribution in [0.2, 0.25) is 5.02 Å². The second-order valence-corrected chi connectivity index (χ2v) is 13.8. The average Bonchev–Trinajstić information content (AvgIpc) is 3.23. The third-order valence-corrected chi connectivity index (χ3v) is 9.83. The van der Waals surface area contributed by atoms with Crippen LogP contribution in [0.1, 0.15) is 19.3 Å². The summed E-state index contributed by atoms with van der Waals surface area (Å²) in [6, 6.07) is 12.5. The quantitative estimate of drug-likeness (QED) is 0.480. The van der Waals surface area contributed by atoms with E-state index in [1.54, 1.807) is 30.3 Å². The highest BCUT2D eigenvalue weighted by molar-refractivity contribution is 7.90. The molecule has 2 aliphatic rings. The highest BCUT2D eigenvalue weighted by atomic mass is 35.5. The van der Waals surface area contributed by atoms with Gasteiger partial charge < -0.3 is 19.9 Å². The van der Waals surface area contributed by atoms with Gasteiger partial charge in [-0.1, -0.05) is 23.7 Å². The number of nitrogens with one attached hydrogen (secondary N) is 1. The summed E-state index contributed by atoms with van der Waals surface area (Å²) >= 11 is 5.97. The molecule has 0 saturated carbocycles. The Morgan fingerprint density at radius 3 is 2.53 bits per heavy atom. The maximum absolute atomic E-state index is 13.0. The van der Waals surface area contributed by atoms with Crippen LogP contribution in [0.25, 0.3) is 0 Å². The number of benzene rings is 2. The predicted molar refractivity (Wildman–Crippen MR) is 136 cm³/mol. The highest BCUT2D eigenvalue weighted by Gasteiger charge is 2.44. The van der Waals surface area contributed by atoms with Crippen molar-refractivity contribution >= 4 is 31.5 Å². The largest absolute Gasteiger partial charge is 0.491 e. The molecule has 4 rings (SSSR count). The van der Waals surface area contributed by atoms with Crippen LogP contribution < -0.4 is 10.1 Å². The first-order chi connectivity index (χ1) is 17.0. The fraction of sp³-hybridized carbons (Fsp3) is 0.500. The van der Waals surface area contributed by atoms with Crippen LogP contribution in [0.3, 0.4) is 0 Å². The van der Waals surface area contributed by atoms with E-state index in [1.807, 2.05) is 0 Å². The smallest absolute Gasteiger partial charge is 0.243 e. The molecular weight excluding hydrogens is 528 g/mol. The number of piperidine rings is 1. The van der Waals surface area contributed by atoms with Gasteiger partial charge in [0.05, 0.1) is 22.0 Å². The molecule has 1 spiro atoms. The van der Waals surface area contributed by atoms with Gasteiger partial charge in [0.2, 0.25) is 10.0 Å². The third-order valence-electron chi connectivity index (χ3n) is 6.59. The molecule has 2 heterocycles. The van der Waals surface area contributed by atoms with Gasteiger partial charge in [0.1, 0.15) is 18.5 Å². The lowest BCUT2D eigenvalue weighted by atomic mass is 9.88. The van der Waals surface area contributed by atoms with Gasteiger partial charge in [0, 0.05) is 37.0 Å². The molecule has 198 valence electrons. The molecule has 2 fully saturated rings. The number of ether oxygens (including phenoxy) is 2. The number of hydrogen-bond donors (Lipinski definition) is 2. The summed E-state index contributed by atoms with van der Waals surface area (Å²) < 4.78 is 62.4. The molecule has 2 saturated heterocycles. The van der Waals surface area contributed by atoms with E-state index in [9.17, 15) is 21.9 Å². The molecule has 0 bridgehead atoms. The molecular formula is C24H31ClN2O7S2. The number of hydrogen-bond acceptors (Lipinski definition) is 8. The van der Waals surface area contributed by atoms with Crippen LogP contribution in [0, 0.1) is 0 Å². The molecule has 12 heteroatoms. The van der Waals surface area contributed by atoms with Crippen molar-refractivity contribution in [2.75, 3.05) is 39.1 Å². The third kappa shape index (κ3) is 6.58. The minimum atomic E-state index is -3.61. The lowest BCUT2D eigenvalue weighted by Crippen LogP contribution is -2.47. The van der Waals surface area contributed by atoms with Gasteiger partial charge in [-0.3, -0.25) is 0 Å². The maximum Gasteiger partial charge on any atom is 0.243 e. The van der Waals surface area contributed by atoms with Crippen molar-refractivity contribution in [2.24, 2.45) is 0 Å². The Balaban J connectivity index is 1.23.